The van der Waals surface area contributed by atoms with Crippen molar-refractivity contribution in [2.24, 2.45) is 21.0 Å². The van der Waals surface area contributed by atoms with Crippen LogP contribution in [0.15, 0.2) is 10.2 Å². The molecule has 1 aliphatic heterocycles. The number of nitrogens with zero attached hydrogens (tertiary/aromatic N) is 2. The van der Waals surface area contributed by atoms with Gasteiger partial charge >= 0.3 is 0 Å². The number of rotatable bonds is 2. The van der Waals surface area contributed by atoms with E-state index in [-0.39, 0.29) is 10.8 Å². The van der Waals surface area contributed by atoms with E-state index in [0.717, 1.165) is 12.8 Å². The van der Waals surface area contributed by atoms with Crippen molar-refractivity contribution < 1.29 is 0 Å². The smallest absolute Gasteiger partial charge is 0.0470 e. The van der Waals surface area contributed by atoms with E-state index < -0.39 is 0 Å². The molecule has 0 aliphatic carbocycles. The molecule has 0 aromatic heterocycles. The highest BCUT2D eigenvalue weighted by Gasteiger charge is 2.30. The Morgan fingerprint density at radius 3 is 2.54 bits per heavy atom. The van der Waals surface area contributed by atoms with Gasteiger partial charge in [0.05, 0.1) is 0 Å². The molecule has 0 radical (unpaired) electrons. The molecular formula is C11H20N2. The van der Waals surface area contributed by atoms with Crippen molar-refractivity contribution in [2.75, 3.05) is 0 Å². The lowest BCUT2D eigenvalue weighted by atomic mass is 9.76. The Balaban J connectivity index is 2.85. The standard InChI is InChI=1S/C11H20N2/c1-6-11(4,5)9-7-10(2,3)8-12-13-9/h8H,6-7H2,1-5H3. The predicted octanol–water partition coefficient (Wildman–Crippen LogP) is 3.28. The first kappa shape index (κ1) is 10.4. The van der Waals surface area contributed by atoms with Crippen LogP contribution in [0.2, 0.25) is 0 Å². The van der Waals surface area contributed by atoms with E-state index in [9.17, 15) is 0 Å². The summed E-state index contributed by atoms with van der Waals surface area (Å²) in [6.45, 7) is 11.1. The fraction of sp³-hybridized carbons (Fsp3) is 0.818. The summed E-state index contributed by atoms with van der Waals surface area (Å²) in [7, 11) is 0. The van der Waals surface area contributed by atoms with Gasteiger partial charge in [-0.25, -0.2) is 0 Å². The third kappa shape index (κ3) is 2.39. The van der Waals surface area contributed by atoms with E-state index >= 15 is 0 Å². The van der Waals surface area contributed by atoms with Gasteiger partial charge in [-0.2, -0.15) is 10.2 Å². The molecule has 0 atom stereocenters. The van der Waals surface area contributed by atoms with Crippen LogP contribution < -0.4 is 0 Å². The van der Waals surface area contributed by atoms with Crippen molar-refractivity contribution in [1.29, 1.82) is 0 Å². The predicted molar refractivity (Wildman–Crippen MR) is 58.4 cm³/mol. The minimum absolute atomic E-state index is 0.184. The van der Waals surface area contributed by atoms with Crippen molar-refractivity contribution in [3.63, 3.8) is 0 Å². The Bertz CT molecular complexity index is 247. The largest absolute Gasteiger partial charge is 0.163 e. The summed E-state index contributed by atoms with van der Waals surface area (Å²) >= 11 is 0. The Morgan fingerprint density at radius 1 is 1.46 bits per heavy atom. The molecule has 1 rings (SSSR count). The van der Waals surface area contributed by atoms with Gasteiger partial charge < -0.3 is 0 Å². The molecule has 0 amide bonds. The van der Waals surface area contributed by atoms with Crippen molar-refractivity contribution in [2.45, 2.75) is 47.5 Å². The van der Waals surface area contributed by atoms with Crippen molar-refractivity contribution >= 4 is 11.9 Å². The van der Waals surface area contributed by atoms with Crippen molar-refractivity contribution in [1.82, 2.24) is 0 Å². The van der Waals surface area contributed by atoms with E-state index in [2.05, 4.69) is 44.8 Å². The highest BCUT2D eigenvalue weighted by atomic mass is 15.2. The SMILES string of the molecule is CCC(C)(C)C1=NN=CC(C)(C)C1. The maximum absolute atomic E-state index is 4.25. The second-order valence-electron chi connectivity index (χ2n) is 5.19. The lowest BCUT2D eigenvalue weighted by molar-refractivity contribution is 0.453. The molecule has 0 saturated carbocycles. The van der Waals surface area contributed by atoms with E-state index in [4.69, 9.17) is 0 Å². The molecular weight excluding hydrogens is 160 g/mol. The monoisotopic (exact) mass is 180 g/mol. The highest BCUT2D eigenvalue weighted by Crippen LogP contribution is 2.32. The van der Waals surface area contributed by atoms with Gasteiger partial charge in [-0.15, -0.1) is 0 Å². The molecule has 1 heterocycles. The molecule has 74 valence electrons. The molecule has 1 aliphatic rings. The van der Waals surface area contributed by atoms with E-state index in [1.54, 1.807) is 0 Å². The summed E-state index contributed by atoms with van der Waals surface area (Å²) in [6.07, 6.45) is 4.11. The molecule has 13 heavy (non-hydrogen) atoms. The lowest BCUT2D eigenvalue weighted by Crippen LogP contribution is -2.31. The van der Waals surface area contributed by atoms with Crippen LogP contribution >= 0.6 is 0 Å². The first-order valence-corrected chi connectivity index (χ1v) is 4.99. The van der Waals surface area contributed by atoms with Crippen LogP contribution in [-0.4, -0.2) is 11.9 Å². The average molecular weight is 180 g/mol. The Kier molecular flexibility index (Phi) is 2.60. The van der Waals surface area contributed by atoms with Gasteiger partial charge in [0.15, 0.2) is 0 Å². The van der Waals surface area contributed by atoms with E-state index in [1.165, 1.54) is 5.71 Å². The minimum Gasteiger partial charge on any atom is -0.163 e. The molecule has 0 fully saturated rings. The average Bonchev–Trinajstić information content (AvgIpc) is 2.03. The summed E-state index contributed by atoms with van der Waals surface area (Å²) in [5.74, 6) is 0. The summed E-state index contributed by atoms with van der Waals surface area (Å²) in [4.78, 5) is 0. The fourth-order valence-corrected chi connectivity index (χ4v) is 1.35. The van der Waals surface area contributed by atoms with Crippen molar-refractivity contribution in [3.8, 4) is 0 Å². The van der Waals surface area contributed by atoms with Crippen LogP contribution in [-0.2, 0) is 0 Å². The lowest BCUT2D eigenvalue weighted by Gasteiger charge is -2.31. The maximum Gasteiger partial charge on any atom is 0.0470 e. The molecule has 0 bridgehead atoms. The van der Waals surface area contributed by atoms with Gasteiger partial charge in [0.1, 0.15) is 0 Å². The minimum atomic E-state index is 0.184. The van der Waals surface area contributed by atoms with Crippen molar-refractivity contribution in [3.05, 3.63) is 0 Å². The molecule has 2 heteroatoms. The molecule has 0 aromatic carbocycles. The van der Waals surface area contributed by atoms with Gasteiger partial charge in [-0.1, -0.05) is 34.6 Å². The zero-order chi connectivity index (χ0) is 10.1. The summed E-state index contributed by atoms with van der Waals surface area (Å²) < 4.78 is 0. The number of hydrogen-bond donors (Lipinski definition) is 0. The third-order valence-corrected chi connectivity index (χ3v) is 2.87. The summed E-state index contributed by atoms with van der Waals surface area (Å²) in [5, 5.41) is 8.34. The molecule has 0 unspecified atom stereocenters. The second-order valence-corrected chi connectivity index (χ2v) is 5.19. The van der Waals surface area contributed by atoms with Gasteiger partial charge in [0.25, 0.3) is 0 Å². The zero-order valence-corrected chi connectivity index (χ0v) is 9.39. The molecule has 0 aromatic rings. The van der Waals surface area contributed by atoms with Gasteiger partial charge in [-0.3, -0.25) is 0 Å². The van der Waals surface area contributed by atoms with Crippen LogP contribution in [0.1, 0.15) is 47.5 Å². The number of hydrogen-bond acceptors (Lipinski definition) is 2. The Morgan fingerprint density at radius 2 is 2.08 bits per heavy atom. The molecule has 2 nitrogen and oxygen atoms in total. The molecule has 0 N–H and O–H groups in total. The Hall–Kier alpha value is -0.660. The van der Waals surface area contributed by atoms with Gasteiger partial charge in [0.2, 0.25) is 0 Å². The van der Waals surface area contributed by atoms with Crippen LogP contribution in [0.5, 0.6) is 0 Å². The zero-order valence-electron chi connectivity index (χ0n) is 9.39. The second kappa shape index (κ2) is 3.24. The highest BCUT2D eigenvalue weighted by molar-refractivity contribution is 5.94. The quantitative estimate of drug-likeness (QED) is 0.623. The van der Waals surface area contributed by atoms with Crippen LogP contribution in [0.4, 0.5) is 0 Å². The van der Waals surface area contributed by atoms with Crippen LogP contribution in [0.3, 0.4) is 0 Å². The Labute approximate surface area is 81.1 Å². The third-order valence-electron chi connectivity index (χ3n) is 2.87. The fourth-order valence-electron chi connectivity index (χ4n) is 1.35. The molecule has 0 saturated heterocycles. The van der Waals surface area contributed by atoms with Gasteiger partial charge in [-0.05, 0) is 12.8 Å². The summed E-state index contributed by atoms with van der Waals surface area (Å²) in [6, 6.07) is 0. The first-order valence-electron chi connectivity index (χ1n) is 4.99. The van der Waals surface area contributed by atoms with Gasteiger partial charge in [0, 0.05) is 22.8 Å². The van der Waals surface area contributed by atoms with E-state index in [1.807, 2.05) is 6.21 Å². The van der Waals surface area contributed by atoms with Crippen LogP contribution in [0, 0.1) is 10.8 Å². The van der Waals surface area contributed by atoms with Crippen LogP contribution in [0.25, 0.3) is 0 Å². The maximum atomic E-state index is 4.25. The topological polar surface area (TPSA) is 24.7 Å². The first-order chi connectivity index (χ1) is 5.87. The normalized spacial score (nSPS) is 21.5. The molecule has 0 spiro atoms. The summed E-state index contributed by atoms with van der Waals surface area (Å²) in [5.41, 5.74) is 1.63. The van der Waals surface area contributed by atoms with E-state index in [0.29, 0.717) is 0 Å².